The first-order chi connectivity index (χ1) is 7.95. The van der Waals surface area contributed by atoms with Crippen LogP contribution in [0.3, 0.4) is 0 Å². The number of thiazole rings is 1. The van der Waals surface area contributed by atoms with Crippen molar-refractivity contribution in [3.05, 3.63) is 35.0 Å². The van der Waals surface area contributed by atoms with Crippen LogP contribution in [0.4, 0.5) is 5.95 Å². The molecule has 2 aromatic rings. The van der Waals surface area contributed by atoms with Gasteiger partial charge in [-0.3, -0.25) is 4.98 Å². The second-order valence-corrected chi connectivity index (χ2v) is 4.72. The van der Waals surface area contributed by atoms with Crippen LogP contribution in [0, 0.1) is 0 Å². The lowest BCUT2D eigenvalue weighted by atomic mass is 10.2. The zero-order valence-electron chi connectivity index (χ0n) is 8.78. The van der Waals surface area contributed by atoms with Gasteiger partial charge in [0, 0.05) is 30.0 Å². The van der Waals surface area contributed by atoms with Gasteiger partial charge in [0.1, 0.15) is 0 Å². The summed E-state index contributed by atoms with van der Waals surface area (Å²) in [6, 6.07) is 2.26. The Morgan fingerprint density at radius 1 is 1.31 bits per heavy atom. The first-order valence-electron chi connectivity index (χ1n) is 5.37. The summed E-state index contributed by atoms with van der Waals surface area (Å²) in [5.41, 5.74) is 1.89. The molecule has 1 fully saturated rings. The Balaban J connectivity index is 1.90. The summed E-state index contributed by atoms with van der Waals surface area (Å²) in [7, 11) is 0. The van der Waals surface area contributed by atoms with Crippen LogP contribution in [0.1, 0.15) is 23.8 Å². The molecule has 3 heterocycles. The lowest BCUT2D eigenvalue weighted by molar-refractivity contribution is 0.713. The van der Waals surface area contributed by atoms with Gasteiger partial charge in [0.2, 0.25) is 5.95 Å². The van der Waals surface area contributed by atoms with Crippen molar-refractivity contribution >= 4 is 17.3 Å². The fourth-order valence-electron chi connectivity index (χ4n) is 2.13. The van der Waals surface area contributed by atoms with Gasteiger partial charge < -0.3 is 4.90 Å². The lowest BCUT2D eigenvalue weighted by Gasteiger charge is -2.22. The van der Waals surface area contributed by atoms with E-state index in [2.05, 4.69) is 19.9 Å². The van der Waals surface area contributed by atoms with Crippen LogP contribution in [0.25, 0.3) is 0 Å². The Bertz CT molecular complexity index is 442. The van der Waals surface area contributed by atoms with Crippen LogP contribution in [0.5, 0.6) is 0 Å². The zero-order valence-corrected chi connectivity index (χ0v) is 9.60. The van der Waals surface area contributed by atoms with E-state index in [-0.39, 0.29) is 0 Å². The van der Waals surface area contributed by atoms with Gasteiger partial charge in [-0.25, -0.2) is 9.97 Å². The summed E-state index contributed by atoms with van der Waals surface area (Å²) in [5.74, 6) is 0.832. The summed E-state index contributed by atoms with van der Waals surface area (Å²) in [5, 5.41) is 0. The van der Waals surface area contributed by atoms with Crippen molar-refractivity contribution in [1.29, 1.82) is 0 Å². The van der Waals surface area contributed by atoms with Crippen molar-refractivity contribution in [1.82, 2.24) is 15.0 Å². The van der Waals surface area contributed by atoms with Crippen molar-refractivity contribution in [2.75, 3.05) is 11.4 Å². The molecular weight excluding hydrogens is 220 g/mol. The van der Waals surface area contributed by atoms with Gasteiger partial charge in [0.15, 0.2) is 0 Å². The van der Waals surface area contributed by atoms with Crippen LogP contribution >= 0.6 is 11.3 Å². The number of hydrogen-bond donors (Lipinski definition) is 0. The second kappa shape index (κ2) is 4.17. The van der Waals surface area contributed by atoms with Gasteiger partial charge in [-0.05, 0) is 18.9 Å². The molecule has 0 radical (unpaired) electrons. The van der Waals surface area contributed by atoms with E-state index in [1.807, 2.05) is 17.8 Å². The van der Waals surface area contributed by atoms with Crippen LogP contribution in [-0.2, 0) is 0 Å². The highest BCUT2D eigenvalue weighted by molar-refractivity contribution is 7.09. The number of anilines is 1. The van der Waals surface area contributed by atoms with E-state index in [0.717, 1.165) is 12.5 Å². The van der Waals surface area contributed by atoms with Crippen LogP contribution in [0.2, 0.25) is 0 Å². The first kappa shape index (κ1) is 9.72. The van der Waals surface area contributed by atoms with E-state index in [0.29, 0.717) is 6.04 Å². The summed E-state index contributed by atoms with van der Waals surface area (Å²) in [6.07, 6.45) is 7.91. The molecule has 1 unspecified atom stereocenters. The molecule has 0 amide bonds. The Morgan fingerprint density at radius 3 is 2.94 bits per heavy atom. The summed E-state index contributed by atoms with van der Waals surface area (Å²) in [6.45, 7) is 1.03. The minimum Gasteiger partial charge on any atom is -0.333 e. The molecule has 4 nitrogen and oxygen atoms in total. The standard InChI is InChI=1S/C11H12N4S/c1-3-9(10-7-12-8-16-10)15(6-1)11-13-4-2-5-14-11/h2,4-5,7-9H,1,3,6H2. The molecule has 0 aliphatic carbocycles. The SMILES string of the molecule is c1cnc(N2CCCC2c2cncs2)nc1. The summed E-state index contributed by atoms with van der Waals surface area (Å²) < 4.78 is 0. The molecule has 0 N–H and O–H groups in total. The molecule has 82 valence electrons. The predicted octanol–water partition coefficient (Wildman–Crippen LogP) is 2.27. The maximum absolute atomic E-state index is 4.32. The van der Waals surface area contributed by atoms with Crippen molar-refractivity contribution in [3.8, 4) is 0 Å². The van der Waals surface area contributed by atoms with E-state index < -0.39 is 0 Å². The van der Waals surface area contributed by atoms with Crippen molar-refractivity contribution in [2.45, 2.75) is 18.9 Å². The zero-order chi connectivity index (χ0) is 10.8. The fraction of sp³-hybridized carbons (Fsp3) is 0.364. The van der Waals surface area contributed by atoms with Crippen LogP contribution in [-0.4, -0.2) is 21.5 Å². The molecule has 1 aliphatic rings. The Hall–Kier alpha value is -1.49. The molecule has 0 aromatic carbocycles. The van der Waals surface area contributed by atoms with E-state index in [1.54, 1.807) is 23.7 Å². The fourth-order valence-corrected chi connectivity index (χ4v) is 2.90. The highest BCUT2D eigenvalue weighted by Crippen LogP contribution is 2.35. The number of aromatic nitrogens is 3. The molecule has 5 heteroatoms. The lowest BCUT2D eigenvalue weighted by Crippen LogP contribution is -2.23. The molecule has 1 atom stereocenters. The molecule has 0 saturated carbocycles. The van der Waals surface area contributed by atoms with Gasteiger partial charge in [0.05, 0.1) is 11.6 Å². The topological polar surface area (TPSA) is 41.9 Å². The quantitative estimate of drug-likeness (QED) is 0.796. The van der Waals surface area contributed by atoms with Crippen molar-refractivity contribution in [2.24, 2.45) is 0 Å². The van der Waals surface area contributed by atoms with Gasteiger partial charge in [-0.15, -0.1) is 11.3 Å². The molecule has 0 bridgehead atoms. The summed E-state index contributed by atoms with van der Waals surface area (Å²) in [4.78, 5) is 16.4. The molecular formula is C11H12N4S. The van der Waals surface area contributed by atoms with Gasteiger partial charge in [0.25, 0.3) is 0 Å². The van der Waals surface area contributed by atoms with Crippen molar-refractivity contribution < 1.29 is 0 Å². The summed E-state index contributed by atoms with van der Waals surface area (Å²) >= 11 is 1.71. The van der Waals surface area contributed by atoms with Gasteiger partial charge in [-0.1, -0.05) is 0 Å². The normalized spacial score (nSPS) is 20.2. The smallest absolute Gasteiger partial charge is 0.225 e. The molecule has 1 saturated heterocycles. The second-order valence-electron chi connectivity index (χ2n) is 3.80. The average molecular weight is 232 g/mol. The van der Waals surface area contributed by atoms with E-state index in [1.165, 1.54) is 17.7 Å². The van der Waals surface area contributed by atoms with E-state index in [4.69, 9.17) is 0 Å². The largest absolute Gasteiger partial charge is 0.333 e. The van der Waals surface area contributed by atoms with Gasteiger partial charge >= 0.3 is 0 Å². The van der Waals surface area contributed by atoms with E-state index in [9.17, 15) is 0 Å². The molecule has 2 aromatic heterocycles. The third-order valence-electron chi connectivity index (χ3n) is 2.84. The van der Waals surface area contributed by atoms with Crippen LogP contribution < -0.4 is 4.90 Å². The molecule has 0 spiro atoms. The Kier molecular flexibility index (Phi) is 2.53. The highest BCUT2D eigenvalue weighted by atomic mass is 32.1. The molecule has 16 heavy (non-hydrogen) atoms. The molecule has 3 rings (SSSR count). The molecule has 1 aliphatic heterocycles. The average Bonchev–Trinajstić information content (AvgIpc) is 3.01. The monoisotopic (exact) mass is 232 g/mol. The minimum atomic E-state index is 0.412. The maximum atomic E-state index is 4.32. The maximum Gasteiger partial charge on any atom is 0.225 e. The number of rotatable bonds is 2. The third kappa shape index (κ3) is 1.67. The Labute approximate surface area is 98.0 Å². The van der Waals surface area contributed by atoms with E-state index >= 15 is 0 Å². The predicted molar refractivity (Wildman–Crippen MR) is 63.5 cm³/mol. The van der Waals surface area contributed by atoms with Crippen LogP contribution in [0.15, 0.2) is 30.2 Å². The van der Waals surface area contributed by atoms with Gasteiger partial charge in [-0.2, -0.15) is 0 Å². The number of nitrogens with zero attached hydrogens (tertiary/aromatic N) is 4. The minimum absolute atomic E-state index is 0.412. The first-order valence-corrected chi connectivity index (χ1v) is 6.25. The highest BCUT2D eigenvalue weighted by Gasteiger charge is 2.28. The Morgan fingerprint density at radius 2 is 2.19 bits per heavy atom. The third-order valence-corrected chi connectivity index (χ3v) is 3.72. The number of hydrogen-bond acceptors (Lipinski definition) is 5. The van der Waals surface area contributed by atoms with Crippen molar-refractivity contribution in [3.63, 3.8) is 0 Å².